The van der Waals surface area contributed by atoms with E-state index in [1.165, 1.54) is 173 Å². The van der Waals surface area contributed by atoms with E-state index in [1.807, 2.05) is 0 Å². The fourth-order valence-corrected chi connectivity index (χ4v) is 8.05. The summed E-state index contributed by atoms with van der Waals surface area (Å²) in [5.74, 6) is 1.71. The minimum Gasteiger partial charge on any atom is -0.462 e. The van der Waals surface area contributed by atoms with E-state index in [2.05, 4.69) is 41.5 Å². The standard InChI is InChI=1S/C54H104O6/c1-7-49(5)41-35-29-23-17-12-14-20-26-32-38-44-53(56)59-47-51(60-54(57)45-39-33-27-21-15-13-18-24-30-36-42-50(6)8-2)46-58-52(55)43-37-31-25-19-11-9-10-16-22-28-34-40-48(3)4/h48-51H,7-47H2,1-6H3/t49?,50?,51-/m0/s1. The van der Waals surface area contributed by atoms with E-state index in [0.29, 0.717) is 19.3 Å². The van der Waals surface area contributed by atoms with Gasteiger partial charge in [-0.25, -0.2) is 0 Å². The fourth-order valence-electron chi connectivity index (χ4n) is 8.05. The molecule has 0 fully saturated rings. The predicted molar refractivity (Wildman–Crippen MR) is 256 cm³/mol. The average molecular weight is 849 g/mol. The Balaban J connectivity index is 4.34. The van der Waals surface area contributed by atoms with Crippen LogP contribution < -0.4 is 0 Å². The second-order valence-corrected chi connectivity index (χ2v) is 19.5. The number of esters is 3. The number of unbranched alkanes of at least 4 members (excludes halogenated alkanes) is 28. The molecule has 0 aliphatic carbocycles. The Labute approximate surface area is 374 Å². The van der Waals surface area contributed by atoms with Gasteiger partial charge in [0.2, 0.25) is 0 Å². The molecular weight excluding hydrogens is 745 g/mol. The first kappa shape index (κ1) is 58.4. The highest BCUT2D eigenvalue weighted by atomic mass is 16.6. The Morgan fingerprint density at radius 3 is 0.867 bits per heavy atom. The molecule has 0 radical (unpaired) electrons. The van der Waals surface area contributed by atoms with Crippen LogP contribution in [-0.4, -0.2) is 37.2 Å². The molecule has 0 saturated carbocycles. The Hall–Kier alpha value is -1.59. The van der Waals surface area contributed by atoms with Gasteiger partial charge in [-0.1, -0.05) is 253 Å². The molecule has 3 atom stereocenters. The zero-order valence-electron chi connectivity index (χ0n) is 41.3. The Bertz CT molecular complexity index is 933. The minimum absolute atomic E-state index is 0.0647. The van der Waals surface area contributed by atoms with Crippen LogP contribution in [0.3, 0.4) is 0 Å². The molecule has 0 aromatic heterocycles. The average Bonchev–Trinajstić information content (AvgIpc) is 3.23. The van der Waals surface area contributed by atoms with Crippen molar-refractivity contribution in [2.24, 2.45) is 17.8 Å². The van der Waals surface area contributed by atoms with Gasteiger partial charge in [0, 0.05) is 19.3 Å². The second kappa shape index (κ2) is 45.4. The van der Waals surface area contributed by atoms with Crippen molar-refractivity contribution in [3.05, 3.63) is 0 Å². The summed E-state index contributed by atoms with van der Waals surface area (Å²) in [7, 11) is 0. The molecule has 0 spiro atoms. The van der Waals surface area contributed by atoms with Crippen LogP contribution in [0.1, 0.15) is 292 Å². The molecule has 0 aromatic carbocycles. The number of rotatable bonds is 47. The molecule has 0 aliphatic heterocycles. The molecule has 0 N–H and O–H groups in total. The van der Waals surface area contributed by atoms with Crippen molar-refractivity contribution in [2.75, 3.05) is 13.2 Å². The Morgan fingerprint density at radius 2 is 0.583 bits per heavy atom. The highest BCUT2D eigenvalue weighted by Crippen LogP contribution is 2.18. The van der Waals surface area contributed by atoms with Crippen LogP contribution in [0, 0.1) is 17.8 Å². The zero-order valence-corrected chi connectivity index (χ0v) is 41.3. The molecule has 0 heterocycles. The maximum absolute atomic E-state index is 12.8. The van der Waals surface area contributed by atoms with Crippen molar-refractivity contribution < 1.29 is 28.6 Å². The molecule has 2 unspecified atom stereocenters. The molecule has 0 amide bonds. The zero-order chi connectivity index (χ0) is 44.2. The SMILES string of the molecule is CCC(C)CCCCCCCCCCCCC(=O)OC[C@H](COC(=O)CCCCCCCCCCCCCC(C)C)OC(=O)CCCCCCCCCCCCC(C)CC. The fraction of sp³-hybridized carbons (Fsp3) is 0.944. The third-order valence-electron chi connectivity index (χ3n) is 12.9. The van der Waals surface area contributed by atoms with E-state index >= 15 is 0 Å². The summed E-state index contributed by atoms with van der Waals surface area (Å²) >= 11 is 0. The lowest BCUT2D eigenvalue weighted by Gasteiger charge is -2.18. The summed E-state index contributed by atoms with van der Waals surface area (Å²) in [6, 6.07) is 0. The molecule has 0 bridgehead atoms. The third kappa shape index (κ3) is 44.5. The number of ether oxygens (including phenoxy) is 3. The summed E-state index contributed by atoms with van der Waals surface area (Å²) < 4.78 is 16.8. The molecule has 6 nitrogen and oxygen atoms in total. The van der Waals surface area contributed by atoms with E-state index in [4.69, 9.17) is 14.2 Å². The van der Waals surface area contributed by atoms with Gasteiger partial charge in [0.25, 0.3) is 0 Å². The summed E-state index contributed by atoms with van der Waals surface area (Å²) in [6.45, 7) is 13.8. The van der Waals surface area contributed by atoms with Crippen molar-refractivity contribution in [1.29, 1.82) is 0 Å². The van der Waals surface area contributed by atoms with Crippen molar-refractivity contribution in [2.45, 2.75) is 298 Å². The Morgan fingerprint density at radius 1 is 0.333 bits per heavy atom. The lowest BCUT2D eigenvalue weighted by molar-refractivity contribution is -0.167. The molecule has 0 rings (SSSR count). The molecule has 6 heteroatoms. The molecule has 0 aliphatic rings. The lowest BCUT2D eigenvalue weighted by atomic mass is 9.99. The summed E-state index contributed by atoms with van der Waals surface area (Å²) in [6.07, 6.45) is 45.0. The number of hydrogen-bond acceptors (Lipinski definition) is 6. The molecule has 0 aromatic rings. The van der Waals surface area contributed by atoms with E-state index in [-0.39, 0.29) is 31.1 Å². The number of hydrogen-bond donors (Lipinski definition) is 0. The van der Waals surface area contributed by atoms with Crippen LogP contribution in [0.25, 0.3) is 0 Å². The highest BCUT2D eigenvalue weighted by Gasteiger charge is 2.19. The van der Waals surface area contributed by atoms with Crippen LogP contribution >= 0.6 is 0 Å². The normalized spacial score (nSPS) is 13.1. The summed E-state index contributed by atoms with van der Waals surface area (Å²) in [4.78, 5) is 38.0. The van der Waals surface area contributed by atoms with Gasteiger partial charge in [0.15, 0.2) is 6.10 Å². The number of carbonyl (C=O) groups excluding carboxylic acids is 3. The van der Waals surface area contributed by atoms with E-state index in [9.17, 15) is 14.4 Å². The van der Waals surface area contributed by atoms with Crippen molar-refractivity contribution in [1.82, 2.24) is 0 Å². The van der Waals surface area contributed by atoms with E-state index in [0.717, 1.165) is 75.5 Å². The van der Waals surface area contributed by atoms with Gasteiger partial charge in [-0.15, -0.1) is 0 Å². The second-order valence-electron chi connectivity index (χ2n) is 19.5. The quantitative estimate of drug-likeness (QED) is 0.0345. The third-order valence-corrected chi connectivity index (χ3v) is 12.9. The van der Waals surface area contributed by atoms with E-state index in [1.54, 1.807) is 0 Å². The van der Waals surface area contributed by atoms with Crippen LogP contribution in [-0.2, 0) is 28.6 Å². The van der Waals surface area contributed by atoms with Gasteiger partial charge in [-0.3, -0.25) is 14.4 Å². The molecule has 60 heavy (non-hydrogen) atoms. The summed E-state index contributed by atoms with van der Waals surface area (Å²) in [5.41, 5.74) is 0. The lowest BCUT2D eigenvalue weighted by Crippen LogP contribution is -2.30. The van der Waals surface area contributed by atoms with Gasteiger partial charge in [-0.05, 0) is 37.0 Å². The maximum Gasteiger partial charge on any atom is 0.306 e. The van der Waals surface area contributed by atoms with Crippen molar-refractivity contribution >= 4 is 17.9 Å². The highest BCUT2D eigenvalue weighted by molar-refractivity contribution is 5.71. The van der Waals surface area contributed by atoms with Crippen LogP contribution in [0.5, 0.6) is 0 Å². The summed E-state index contributed by atoms with van der Waals surface area (Å²) in [5, 5.41) is 0. The van der Waals surface area contributed by atoms with Crippen LogP contribution in [0.15, 0.2) is 0 Å². The van der Waals surface area contributed by atoms with Gasteiger partial charge in [-0.2, -0.15) is 0 Å². The maximum atomic E-state index is 12.8. The molecule has 356 valence electrons. The van der Waals surface area contributed by atoms with E-state index < -0.39 is 6.10 Å². The topological polar surface area (TPSA) is 78.9 Å². The molecular formula is C54H104O6. The van der Waals surface area contributed by atoms with Gasteiger partial charge < -0.3 is 14.2 Å². The Kier molecular flexibility index (Phi) is 44.2. The minimum atomic E-state index is -0.763. The first-order valence-electron chi connectivity index (χ1n) is 26.7. The number of carbonyl (C=O) groups is 3. The monoisotopic (exact) mass is 849 g/mol. The predicted octanol–water partition coefficient (Wildman–Crippen LogP) is 17.2. The first-order chi connectivity index (χ1) is 29.2. The van der Waals surface area contributed by atoms with Gasteiger partial charge in [0.05, 0.1) is 0 Å². The van der Waals surface area contributed by atoms with Crippen LogP contribution in [0.2, 0.25) is 0 Å². The first-order valence-corrected chi connectivity index (χ1v) is 26.7. The van der Waals surface area contributed by atoms with Gasteiger partial charge >= 0.3 is 17.9 Å². The van der Waals surface area contributed by atoms with Crippen molar-refractivity contribution in [3.63, 3.8) is 0 Å². The largest absolute Gasteiger partial charge is 0.462 e. The molecule has 0 saturated heterocycles. The van der Waals surface area contributed by atoms with Crippen LogP contribution in [0.4, 0.5) is 0 Å². The van der Waals surface area contributed by atoms with Crippen molar-refractivity contribution in [3.8, 4) is 0 Å². The smallest absolute Gasteiger partial charge is 0.306 e. The van der Waals surface area contributed by atoms with Gasteiger partial charge in [0.1, 0.15) is 13.2 Å².